The van der Waals surface area contributed by atoms with Gasteiger partial charge in [-0.1, -0.05) is 13.3 Å². The zero-order chi connectivity index (χ0) is 13.7. The quantitative estimate of drug-likeness (QED) is 0.761. The monoisotopic (exact) mass is 300 g/mol. The first-order valence-corrected chi connectivity index (χ1v) is 7.52. The van der Waals surface area contributed by atoms with Crippen LogP contribution in [0.15, 0.2) is 0 Å². The number of carbonyl (C=O) groups is 1. The van der Waals surface area contributed by atoms with Crippen LogP contribution < -0.4 is 11.1 Å². The third kappa shape index (κ3) is 6.56. The molecule has 0 aliphatic heterocycles. The van der Waals surface area contributed by atoms with Crippen LogP contribution in [-0.4, -0.2) is 37.4 Å². The summed E-state index contributed by atoms with van der Waals surface area (Å²) < 4.78 is 22.7. The van der Waals surface area contributed by atoms with Gasteiger partial charge in [0, 0.05) is 6.54 Å². The number of rotatable bonds is 6. The van der Waals surface area contributed by atoms with E-state index in [1.807, 2.05) is 6.92 Å². The Labute approximate surface area is 116 Å². The highest BCUT2D eigenvalue weighted by Gasteiger charge is 2.28. The van der Waals surface area contributed by atoms with Crippen LogP contribution in [0.2, 0.25) is 0 Å². The molecule has 0 saturated carbocycles. The third-order valence-electron chi connectivity index (χ3n) is 2.54. The van der Waals surface area contributed by atoms with Crippen molar-refractivity contribution in [2.45, 2.75) is 51.3 Å². The molecule has 0 aromatic heterocycles. The first kappa shape index (κ1) is 20.0. The van der Waals surface area contributed by atoms with Crippen LogP contribution in [0.5, 0.6) is 0 Å². The molecule has 110 valence electrons. The average Bonchev–Trinajstić information content (AvgIpc) is 2.15. The van der Waals surface area contributed by atoms with E-state index in [4.69, 9.17) is 5.73 Å². The molecule has 0 radical (unpaired) electrons. The molecule has 18 heavy (non-hydrogen) atoms. The molecular formula is C11H25ClN2O3S. The normalized spacial score (nSPS) is 13.6. The highest BCUT2D eigenvalue weighted by Crippen LogP contribution is 2.15. The maximum Gasteiger partial charge on any atom is 0.236 e. The Morgan fingerprint density at radius 1 is 1.33 bits per heavy atom. The number of nitrogens with one attached hydrogen (secondary N) is 1. The maximum atomic E-state index is 11.7. The summed E-state index contributed by atoms with van der Waals surface area (Å²) in [5.41, 5.74) is 5.60. The van der Waals surface area contributed by atoms with Gasteiger partial charge in [-0.05, 0) is 27.2 Å². The minimum atomic E-state index is -3.19. The number of amides is 1. The molecule has 0 rings (SSSR count). The molecule has 3 N–H and O–H groups in total. The van der Waals surface area contributed by atoms with Gasteiger partial charge in [0.25, 0.3) is 0 Å². The van der Waals surface area contributed by atoms with E-state index < -0.39 is 20.6 Å². The minimum absolute atomic E-state index is 0. The van der Waals surface area contributed by atoms with Crippen LogP contribution >= 0.6 is 12.4 Å². The maximum absolute atomic E-state index is 11.7. The van der Waals surface area contributed by atoms with Crippen molar-refractivity contribution in [2.24, 2.45) is 5.73 Å². The van der Waals surface area contributed by atoms with Crippen LogP contribution in [0, 0.1) is 0 Å². The molecule has 0 aromatic carbocycles. The molecule has 0 spiro atoms. The summed E-state index contributed by atoms with van der Waals surface area (Å²) in [7, 11) is -3.19. The van der Waals surface area contributed by atoms with Gasteiger partial charge in [0.05, 0.1) is 16.5 Å². The van der Waals surface area contributed by atoms with Crippen molar-refractivity contribution in [3.8, 4) is 0 Å². The van der Waals surface area contributed by atoms with Gasteiger partial charge in [-0.2, -0.15) is 0 Å². The van der Waals surface area contributed by atoms with E-state index in [0.717, 1.165) is 6.42 Å². The molecule has 0 fully saturated rings. The Balaban J connectivity index is 0. The SMILES string of the molecule is CCCC(N)C(=O)NCCS(=O)(=O)C(C)(C)C.Cl. The fourth-order valence-electron chi connectivity index (χ4n) is 1.19. The molecule has 0 saturated heterocycles. The Morgan fingerprint density at radius 2 is 1.83 bits per heavy atom. The second-order valence-corrected chi connectivity index (χ2v) is 7.98. The van der Waals surface area contributed by atoms with Gasteiger partial charge in [-0.25, -0.2) is 8.42 Å². The summed E-state index contributed by atoms with van der Waals surface area (Å²) in [6, 6.07) is -0.544. The highest BCUT2D eigenvalue weighted by atomic mass is 35.5. The van der Waals surface area contributed by atoms with Gasteiger partial charge in [-0.15, -0.1) is 12.4 Å². The smallest absolute Gasteiger partial charge is 0.236 e. The molecule has 0 aliphatic rings. The van der Waals surface area contributed by atoms with Crippen molar-refractivity contribution < 1.29 is 13.2 Å². The van der Waals surface area contributed by atoms with E-state index in [2.05, 4.69) is 5.32 Å². The summed E-state index contributed by atoms with van der Waals surface area (Å²) in [5, 5.41) is 2.55. The number of hydrogen-bond donors (Lipinski definition) is 2. The topological polar surface area (TPSA) is 89.3 Å². The van der Waals surface area contributed by atoms with E-state index in [0.29, 0.717) is 6.42 Å². The van der Waals surface area contributed by atoms with Crippen molar-refractivity contribution in [2.75, 3.05) is 12.3 Å². The van der Waals surface area contributed by atoms with Crippen molar-refractivity contribution in [1.29, 1.82) is 0 Å². The minimum Gasteiger partial charge on any atom is -0.354 e. The van der Waals surface area contributed by atoms with Gasteiger partial charge in [0.15, 0.2) is 9.84 Å². The fourth-order valence-corrected chi connectivity index (χ4v) is 2.17. The second-order valence-electron chi connectivity index (χ2n) is 5.12. The molecule has 1 atom stereocenters. The summed E-state index contributed by atoms with van der Waals surface area (Å²) in [5.74, 6) is -0.336. The zero-order valence-corrected chi connectivity index (χ0v) is 13.2. The largest absolute Gasteiger partial charge is 0.354 e. The van der Waals surface area contributed by atoms with Gasteiger partial charge >= 0.3 is 0 Å². The van der Waals surface area contributed by atoms with Gasteiger partial charge in [0.2, 0.25) is 5.91 Å². The van der Waals surface area contributed by atoms with E-state index in [-0.39, 0.29) is 30.6 Å². The number of halogens is 1. The lowest BCUT2D eigenvalue weighted by atomic mass is 10.2. The summed E-state index contributed by atoms with van der Waals surface area (Å²) in [6.07, 6.45) is 1.44. The number of sulfone groups is 1. The first-order chi connectivity index (χ1) is 7.62. The zero-order valence-electron chi connectivity index (χ0n) is 11.5. The summed E-state index contributed by atoms with van der Waals surface area (Å²) >= 11 is 0. The Hall–Kier alpha value is -0.330. The van der Waals surface area contributed by atoms with Crippen molar-refractivity contribution in [3.05, 3.63) is 0 Å². The van der Waals surface area contributed by atoms with E-state index in [9.17, 15) is 13.2 Å². The van der Waals surface area contributed by atoms with Crippen molar-refractivity contribution in [3.63, 3.8) is 0 Å². The van der Waals surface area contributed by atoms with Crippen LogP contribution in [0.1, 0.15) is 40.5 Å². The van der Waals surface area contributed by atoms with Crippen LogP contribution in [-0.2, 0) is 14.6 Å². The molecule has 7 heteroatoms. The molecule has 1 amide bonds. The van der Waals surface area contributed by atoms with Crippen LogP contribution in [0.3, 0.4) is 0 Å². The molecule has 0 heterocycles. The van der Waals surface area contributed by atoms with E-state index in [1.165, 1.54) is 0 Å². The Bertz CT molecular complexity index is 350. The highest BCUT2D eigenvalue weighted by molar-refractivity contribution is 7.92. The number of hydrogen-bond acceptors (Lipinski definition) is 4. The first-order valence-electron chi connectivity index (χ1n) is 5.87. The van der Waals surface area contributed by atoms with Gasteiger partial charge < -0.3 is 11.1 Å². The molecule has 0 aromatic rings. The van der Waals surface area contributed by atoms with E-state index in [1.54, 1.807) is 20.8 Å². The number of nitrogens with two attached hydrogens (primary N) is 1. The third-order valence-corrected chi connectivity index (χ3v) is 5.15. The number of carbonyl (C=O) groups excluding carboxylic acids is 1. The molecule has 0 aliphatic carbocycles. The van der Waals surface area contributed by atoms with Crippen LogP contribution in [0.25, 0.3) is 0 Å². The molecule has 0 bridgehead atoms. The fraction of sp³-hybridized carbons (Fsp3) is 0.909. The lowest BCUT2D eigenvalue weighted by Crippen LogP contribution is -2.43. The molecular weight excluding hydrogens is 276 g/mol. The average molecular weight is 301 g/mol. The van der Waals surface area contributed by atoms with E-state index >= 15 is 0 Å². The second kappa shape index (κ2) is 7.96. The molecule has 1 unspecified atom stereocenters. The lowest BCUT2D eigenvalue weighted by molar-refractivity contribution is -0.122. The summed E-state index contributed by atoms with van der Waals surface area (Å²) in [4.78, 5) is 11.4. The van der Waals surface area contributed by atoms with Gasteiger partial charge in [0.1, 0.15) is 0 Å². The van der Waals surface area contributed by atoms with Crippen LogP contribution in [0.4, 0.5) is 0 Å². The standard InChI is InChI=1S/C11H24N2O3S.ClH/c1-5-6-9(12)10(14)13-7-8-17(15,16)11(2,3)4;/h9H,5-8,12H2,1-4H3,(H,13,14);1H. The Kier molecular flexibility index (Phi) is 8.85. The summed E-state index contributed by atoms with van der Waals surface area (Å²) in [6.45, 7) is 7.00. The van der Waals surface area contributed by atoms with Crippen molar-refractivity contribution >= 4 is 28.2 Å². The van der Waals surface area contributed by atoms with Crippen molar-refractivity contribution in [1.82, 2.24) is 5.32 Å². The predicted molar refractivity (Wildman–Crippen MR) is 76.7 cm³/mol. The Morgan fingerprint density at radius 3 is 2.22 bits per heavy atom. The lowest BCUT2D eigenvalue weighted by Gasteiger charge is -2.19. The van der Waals surface area contributed by atoms with Gasteiger partial charge in [-0.3, -0.25) is 4.79 Å². The molecule has 5 nitrogen and oxygen atoms in total. The predicted octanol–water partition coefficient (Wildman–Crippen LogP) is 0.865.